The topological polar surface area (TPSA) is 43.0 Å². The van der Waals surface area contributed by atoms with Crippen molar-refractivity contribution in [2.75, 3.05) is 6.54 Å². The van der Waals surface area contributed by atoms with E-state index in [0.29, 0.717) is 0 Å². The molecule has 0 spiro atoms. The van der Waals surface area contributed by atoms with Gasteiger partial charge in [-0.25, -0.2) is 0 Å². The van der Waals surface area contributed by atoms with Gasteiger partial charge in [0.2, 0.25) is 0 Å². The van der Waals surface area contributed by atoms with E-state index in [1.54, 1.807) is 0 Å². The highest BCUT2D eigenvalue weighted by molar-refractivity contribution is 5.21. The van der Waals surface area contributed by atoms with Gasteiger partial charge in [0.25, 0.3) is 0 Å². The Kier molecular flexibility index (Phi) is 4.20. The number of rotatable bonds is 6. The zero-order valence-corrected chi connectivity index (χ0v) is 11.4. The number of nitrogens with one attached hydrogen (secondary N) is 1. The number of hydrogen-bond donors (Lipinski definition) is 1. The molecule has 98 valence electrons. The molecule has 4 heteroatoms. The normalized spacial score (nSPS) is 11.1. The van der Waals surface area contributed by atoms with Crippen LogP contribution in [0.4, 0.5) is 0 Å². The summed E-state index contributed by atoms with van der Waals surface area (Å²) < 4.78 is 7.68. The molecule has 2 rings (SSSR count). The molecule has 0 amide bonds. The van der Waals surface area contributed by atoms with E-state index in [-0.39, 0.29) is 0 Å². The van der Waals surface area contributed by atoms with E-state index in [1.807, 2.05) is 30.9 Å². The molecule has 0 unspecified atom stereocenters. The first-order valence-corrected chi connectivity index (χ1v) is 6.47. The van der Waals surface area contributed by atoms with Crippen molar-refractivity contribution in [1.29, 1.82) is 0 Å². The van der Waals surface area contributed by atoms with E-state index in [0.717, 1.165) is 37.6 Å². The second kappa shape index (κ2) is 5.87. The van der Waals surface area contributed by atoms with E-state index < -0.39 is 0 Å². The Balaban J connectivity index is 2.00. The maximum absolute atomic E-state index is 5.74. The number of hydrogen-bond acceptors (Lipinski definition) is 3. The first-order valence-electron chi connectivity index (χ1n) is 6.47. The van der Waals surface area contributed by atoms with E-state index >= 15 is 0 Å². The van der Waals surface area contributed by atoms with Gasteiger partial charge in [0, 0.05) is 11.8 Å². The van der Waals surface area contributed by atoms with Gasteiger partial charge in [0.15, 0.2) is 0 Å². The molecule has 0 aliphatic carbocycles. The molecule has 2 aromatic heterocycles. The molecule has 0 aliphatic heterocycles. The highest BCUT2D eigenvalue weighted by Gasteiger charge is 2.08. The lowest BCUT2D eigenvalue weighted by molar-refractivity contribution is 0.459. The van der Waals surface area contributed by atoms with Crippen LogP contribution >= 0.6 is 0 Å². The molecule has 0 radical (unpaired) electrons. The highest BCUT2D eigenvalue weighted by atomic mass is 16.3. The summed E-state index contributed by atoms with van der Waals surface area (Å²) in [6.07, 6.45) is 5.06. The highest BCUT2D eigenvalue weighted by Crippen LogP contribution is 2.16. The third kappa shape index (κ3) is 3.23. The van der Waals surface area contributed by atoms with Crippen LogP contribution in [0.1, 0.15) is 36.0 Å². The van der Waals surface area contributed by atoms with Crippen LogP contribution in [-0.2, 0) is 13.1 Å². The molecule has 2 heterocycles. The predicted octanol–water partition coefficient (Wildman–Crippen LogP) is 2.64. The molecule has 0 bridgehead atoms. The van der Waals surface area contributed by atoms with Crippen LogP contribution < -0.4 is 5.32 Å². The van der Waals surface area contributed by atoms with Gasteiger partial charge < -0.3 is 9.73 Å². The molecule has 4 nitrogen and oxygen atoms in total. The van der Waals surface area contributed by atoms with Gasteiger partial charge in [-0.3, -0.25) is 4.68 Å². The van der Waals surface area contributed by atoms with E-state index in [1.165, 1.54) is 11.1 Å². The fraction of sp³-hybridized carbons (Fsp3) is 0.500. The Hall–Kier alpha value is -1.55. The van der Waals surface area contributed by atoms with Crippen LogP contribution in [0.25, 0.3) is 0 Å². The number of aromatic nitrogens is 2. The summed E-state index contributed by atoms with van der Waals surface area (Å²) in [5.74, 6) is 1.98. The second-order valence-electron chi connectivity index (χ2n) is 4.69. The zero-order chi connectivity index (χ0) is 13.0. The smallest absolute Gasteiger partial charge is 0.118 e. The van der Waals surface area contributed by atoms with Crippen LogP contribution in [0, 0.1) is 13.8 Å². The van der Waals surface area contributed by atoms with Crippen molar-refractivity contribution in [2.24, 2.45) is 0 Å². The molecule has 0 saturated heterocycles. The monoisotopic (exact) mass is 247 g/mol. The lowest BCUT2D eigenvalue weighted by Crippen LogP contribution is -2.13. The molecule has 0 saturated carbocycles. The quantitative estimate of drug-likeness (QED) is 0.798. The number of aryl methyl sites for hydroxylation is 2. The van der Waals surface area contributed by atoms with Gasteiger partial charge in [-0.05, 0) is 38.4 Å². The van der Waals surface area contributed by atoms with Crippen molar-refractivity contribution in [3.63, 3.8) is 0 Å². The van der Waals surface area contributed by atoms with Crippen LogP contribution in [-0.4, -0.2) is 16.3 Å². The second-order valence-corrected chi connectivity index (χ2v) is 4.69. The van der Waals surface area contributed by atoms with Crippen molar-refractivity contribution >= 4 is 0 Å². The third-order valence-electron chi connectivity index (χ3n) is 2.89. The minimum Gasteiger partial charge on any atom is -0.465 e. The van der Waals surface area contributed by atoms with Crippen molar-refractivity contribution < 1.29 is 4.42 Å². The summed E-state index contributed by atoms with van der Waals surface area (Å²) in [5, 5.41) is 7.64. The Morgan fingerprint density at radius 3 is 2.89 bits per heavy atom. The molecular weight excluding hydrogens is 226 g/mol. The molecule has 0 fully saturated rings. The average Bonchev–Trinajstić information content (AvgIpc) is 2.88. The lowest BCUT2D eigenvalue weighted by Gasteiger charge is -1.98. The summed E-state index contributed by atoms with van der Waals surface area (Å²) in [4.78, 5) is 0. The van der Waals surface area contributed by atoms with Gasteiger partial charge in [0.1, 0.15) is 11.5 Å². The van der Waals surface area contributed by atoms with Crippen LogP contribution in [0.2, 0.25) is 0 Å². The first kappa shape index (κ1) is 12.9. The molecule has 0 aromatic carbocycles. The standard InChI is InChI=1S/C14H21N3O/c1-4-5-15-8-14-6-13(12(3)18-14)10-17-9-11(2)7-16-17/h6-7,9,15H,4-5,8,10H2,1-3H3. The SMILES string of the molecule is CCCNCc1cc(Cn2cc(C)cn2)c(C)o1. The summed E-state index contributed by atoms with van der Waals surface area (Å²) in [6, 6.07) is 2.12. The molecule has 2 aromatic rings. The summed E-state index contributed by atoms with van der Waals surface area (Å²) in [6.45, 7) is 8.81. The summed E-state index contributed by atoms with van der Waals surface area (Å²) in [7, 11) is 0. The minimum absolute atomic E-state index is 0.775. The van der Waals surface area contributed by atoms with E-state index in [2.05, 4.69) is 23.4 Å². The Morgan fingerprint density at radius 2 is 2.22 bits per heavy atom. The van der Waals surface area contributed by atoms with Crippen molar-refractivity contribution in [3.05, 3.63) is 41.1 Å². The van der Waals surface area contributed by atoms with Gasteiger partial charge in [0.05, 0.1) is 19.3 Å². The van der Waals surface area contributed by atoms with Crippen LogP contribution in [0.15, 0.2) is 22.9 Å². The molecule has 18 heavy (non-hydrogen) atoms. The largest absolute Gasteiger partial charge is 0.465 e. The zero-order valence-electron chi connectivity index (χ0n) is 11.4. The minimum atomic E-state index is 0.775. The van der Waals surface area contributed by atoms with Gasteiger partial charge in [-0.2, -0.15) is 5.10 Å². The fourth-order valence-electron chi connectivity index (χ4n) is 1.95. The van der Waals surface area contributed by atoms with Gasteiger partial charge >= 0.3 is 0 Å². The van der Waals surface area contributed by atoms with E-state index in [4.69, 9.17) is 4.42 Å². The summed E-state index contributed by atoms with van der Waals surface area (Å²) >= 11 is 0. The lowest BCUT2D eigenvalue weighted by atomic mass is 10.2. The fourth-order valence-corrected chi connectivity index (χ4v) is 1.95. The molecule has 1 N–H and O–H groups in total. The Bertz CT molecular complexity index is 499. The number of furan rings is 1. The predicted molar refractivity (Wildman–Crippen MR) is 71.5 cm³/mol. The van der Waals surface area contributed by atoms with Crippen molar-refractivity contribution in [1.82, 2.24) is 15.1 Å². The van der Waals surface area contributed by atoms with Crippen LogP contribution in [0.3, 0.4) is 0 Å². The Labute approximate surface area is 108 Å². The molecular formula is C14H21N3O. The van der Waals surface area contributed by atoms with Crippen LogP contribution in [0.5, 0.6) is 0 Å². The van der Waals surface area contributed by atoms with Gasteiger partial charge in [-0.15, -0.1) is 0 Å². The first-order chi connectivity index (χ1) is 8.69. The van der Waals surface area contributed by atoms with Crippen molar-refractivity contribution in [2.45, 2.75) is 40.3 Å². The average molecular weight is 247 g/mol. The van der Waals surface area contributed by atoms with E-state index in [9.17, 15) is 0 Å². The third-order valence-corrected chi connectivity index (χ3v) is 2.89. The maximum atomic E-state index is 5.74. The molecule has 0 atom stereocenters. The maximum Gasteiger partial charge on any atom is 0.118 e. The van der Waals surface area contributed by atoms with Gasteiger partial charge in [-0.1, -0.05) is 6.92 Å². The summed E-state index contributed by atoms with van der Waals surface area (Å²) in [5.41, 5.74) is 2.38. The number of nitrogens with zero attached hydrogens (tertiary/aromatic N) is 2. The molecule has 0 aliphatic rings. The van der Waals surface area contributed by atoms with Crippen molar-refractivity contribution in [3.8, 4) is 0 Å². The Morgan fingerprint density at radius 1 is 1.39 bits per heavy atom.